The summed E-state index contributed by atoms with van der Waals surface area (Å²) >= 11 is 0. The third-order valence-corrected chi connectivity index (χ3v) is 6.13. The number of rotatable bonds is 10. The van der Waals surface area contributed by atoms with Crippen LogP contribution in [0, 0.1) is 11.8 Å². The molecule has 0 fully saturated rings. The fourth-order valence-electron chi connectivity index (χ4n) is 4.28. The molecule has 3 N–H and O–H groups in total. The van der Waals surface area contributed by atoms with E-state index in [9.17, 15) is 45.8 Å². The van der Waals surface area contributed by atoms with Crippen LogP contribution in [0.15, 0.2) is 59.6 Å². The topological polar surface area (TPSA) is 108 Å². The second-order valence-electron chi connectivity index (χ2n) is 9.00. The van der Waals surface area contributed by atoms with Gasteiger partial charge in [-0.25, -0.2) is 4.99 Å². The Morgan fingerprint density at radius 2 is 1.51 bits per heavy atom. The van der Waals surface area contributed by atoms with Crippen molar-refractivity contribution >= 4 is 29.2 Å². The monoisotopic (exact) mass is 557 g/mol. The van der Waals surface area contributed by atoms with Gasteiger partial charge in [0.2, 0.25) is 12.1 Å². The van der Waals surface area contributed by atoms with Gasteiger partial charge < -0.3 is 15.7 Å². The summed E-state index contributed by atoms with van der Waals surface area (Å²) in [5, 5.41) is 14.4. The molecular formula is C26H25F6N3O4. The number of carbonyl (C=O) groups excluding carboxylic acids is 2. The average molecular weight is 557 g/mol. The molecule has 39 heavy (non-hydrogen) atoms. The molecule has 0 saturated heterocycles. The maximum absolute atomic E-state index is 13.2. The van der Waals surface area contributed by atoms with Gasteiger partial charge in [0.15, 0.2) is 0 Å². The van der Waals surface area contributed by atoms with Gasteiger partial charge in [-0.15, -0.1) is 0 Å². The smallest absolute Gasteiger partial charge is 0.389 e. The van der Waals surface area contributed by atoms with Crippen molar-refractivity contribution in [3.8, 4) is 0 Å². The number of benzodiazepines with no additional fused rings is 1. The fourth-order valence-corrected chi connectivity index (χ4v) is 4.28. The molecule has 1 aliphatic heterocycles. The van der Waals surface area contributed by atoms with Gasteiger partial charge in [0.25, 0.3) is 5.91 Å². The number of fused-ring (bicyclic) bond motifs is 1. The number of nitrogens with zero attached hydrogens (tertiary/aromatic N) is 1. The number of hydrogen-bond acceptors (Lipinski definition) is 4. The van der Waals surface area contributed by atoms with Crippen LogP contribution in [0.4, 0.5) is 32.0 Å². The van der Waals surface area contributed by atoms with Crippen LogP contribution in [0.25, 0.3) is 0 Å². The normalized spacial score (nSPS) is 17.2. The van der Waals surface area contributed by atoms with Crippen molar-refractivity contribution in [1.29, 1.82) is 0 Å². The first-order valence-electron chi connectivity index (χ1n) is 12.0. The molecule has 0 radical (unpaired) electrons. The maximum Gasteiger partial charge on any atom is 0.389 e. The summed E-state index contributed by atoms with van der Waals surface area (Å²) in [7, 11) is 0. The highest BCUT2D eigenvalue weighted by molar-refractivity contribution is 6.19. The van der Waals surface area contributed by atoms with E-state index in [-0.39, 0.29) is 5.71 Å². The number of nitrogens with one attached hydrogen (secondary N) is 2. The van der Waals surface area contributed by atoms with Crippen molar-refractivity contribution in [3.05, 3.63) is 65.7 Å². The van der Waals surface area contributed by atoms with Gasteiger partial charge in [-0.05, 0) is 25.3 Å². The second-order valence-corrected chi connectivity index (χ2v) is 9.00. The molecule has 1 heterocycles. The maximum atomic E-state index is 13.2. The van der Waals surface area contributed by atoms with Crippen molar-refractivity contribution in [3.63, 3.8) is 0 Å². The average Bonchev–Trinajstić information content (AvgIpc) is 2.98. The Bertz CT molecular complexity index is 1210. The van der Waals surface area contributed by atoms with Crippen LogP contribution in [-0.2, 0) is 14.4 Å². The molecule has 0 aliphatic carbocycles. The number of hydrogen-bond donors (Lipinski definition) is 3. The largest absolute Gasteiger partial charge is 0.481 e. The van der Waals surface area contributed by atoms with E-state index in [0.29, 0.717) is 16.8 Å². The Morgan fingerprint density at radius 3 is 2.13 bits per heavy atom. The molecule has 1 aliphatic rings. The molecule has 2 amide bonds. The van der Waals surface area contributed by atoms with E-state index in [0.717, 1.165) is 0 Å². The molecule has 0 aromatic heterocycles. The number of carboxylic acids is 1. The minimum atomic E-state index is -4.75. The minimum absolute atomic E-state index is 0.287. The van der Waals surface area contributed by atoms with Gasteiger partial charge in [-0.1, -0.05) is 48.5 Å². The van der Waals surface area contributed by atoms with Crippen molar-refractivity contribution in [2.45, 2.75) is 50.6 Å². The first kappa shape index (κ1) is 29.7. The summed E-state index contributed by atoms with van der Waals surface area (Å²) in [6.45, 7) is 0. The van der Waals surface area contributed by atoms with Gasteiger partial charge in [0.05, 0.1) is 23.2 Å². The molecule has 2 aromatic carbocycles. The highest BCUT2D eigenvalue weighted by atomic mass is 19.4. The second kappa shape index (κ2) is 12.3. The molecule has 2 aromatic rings. The molecular weight excluding hydrogens is 532 g/mol. The Hall–Kier alpha value is -3.90. The predicted octanol–water partition coefficient (Wildman–Crippen LogP) is 5.31. The zero-order valence-electron chi connectivity index (χ0n) is 20.4. The van der Waals surface area contributed by atoms with Crippen LogP contribution in [-0.4, -0.2) is 47.1 Å². The summed E-state index contributed by atoms with van der Waals surface area (Å²) in [6, 6.07) is 15.2. The van der Waals surface area contributed by atoms with Crippen molar-refractivity contribution in [1.82, 2.24) is 5.32 Å². The van der Waals surface area contributed by atoms with Crippen LogP contribution >= 0.6 is 0 Å². The van der Waals surface area contributed by atoms with Crippen molar-refractivity contribution in [2.24, 2.45) is 16.8 Å². The van der Waals surface area contributed by atoms with Gasteiger partial charge >= 0.3 is 18.3 Å². The van der Waals surface area contributed by atoms with Crippen LogP contribution < -0.4 is 10.6 Å². The predicted molar refractivity (Wildman–Crippen MR) is 129 cm³/mol. The van der Waals surface area contributed by atoms with Gasteiger partial charge in [-0.3, -0.25) is 14.4 Å². The molecule has 0 saturated carbocycles. The molecule has 0 bridgehead atoms. The molecule has 3 atom stereocenters. The number of benzene rings is 2. The van der Waals surface area contributed by atoms with E-state index in [2.05, 4.69) is 15.6 Å². The number of amides is 2. The number of carboxylic acid groups (broad SMARTS) is 1. The standard InChI is InChI=1S/C26H25F6N3O4/c27-25(28,29)13-6-10-16(17(24(38)39)12-14-26(30,31)32)22(36)35-21-23(37)33-19-11-5-4-9-18(19)20(34-21)15-7-2-1-3-8-15/h1-5,7-9,11,16-17,21H,6,10,12-14H2,(H,33,37)(H,35,36)(H,38,39)/t16-,17+,21-/m1/s1. The first-order valence-corrected chi connectivity index (χ1v) is 12.0. The molecule has 13 heteroatoms. The molecule has 3 rings (SSSR count). The summed E-state index contributed by atoms with van der Waals surface area (Å²) < 4.78 is 76.7. The van der Waals surface area contributed by atoms with E-state index in [1.54, 1.807) is 54.6 Å². The number of carbonyl (C=O) groups is 3. The number of aliphatic imine (C=N–C) groups is 1. The van der Waals surface area contributed by atoms with E-state index >= 15 is 0 Å². The molecule has 210 valence electrons. The summed E-state index contributed by atoms with van der Waals surface area (Å²) in [5.74, 6) is -7.49. The van der Waals surface area contributed by atoms with Gasteiger partial charge in [0.1, 0.15) is 0 Å². The lowest BCUT2D eigenvalue weighted by atomic mass is 9.83. The number of anilines is 1. The highest BCUT2D eigenvalue weighted by Crippen LogP contribution is 2.32. The zero-order chi connectivity index (χ0) is 28.8. The lowest BCUT2D eigenvalue weighted by Gasteiger charge is -2.25. The number of alkyl halides is 6. The molecule has 0 unspecified atom stereocenters. The van der Waals surface area contributed by atoms with E-state index in [1.165, 1.54) is 0 Å². The van der Waals surface area contributed by atoms with Crippen molar-refractivity contribution < 1.29 is 45.8 Å². The van der Waals surface area contributed by atoms with Crippen LogP contribution in [0.3, 0.4) is 0 Å². The summed E-state index contributed by atoms with van der Waals surface area (Å²) in [5.41, 5.74) is 1.72. The van der Waals surface area contributed by atoms with Gasteiger partial charge in [-0.2, -0.15) is 26.3 Å². The Morgan fingerprint density at radius 1 is 0.897 bits per heavy atom. The van der Waals surface area contributed by atoms with Crippen LogP contribution in [0.2, 0.25) is 0 Å². The van der Waals surface area contributed by atoms with E-state index < -0.39 is 80.2 Å². The number of para-hydroxylation sites is 1. The summed E-state index contributed by atoms with van der Waals surface area (Å²) in [4.78, 5) is 42.4. The van der Waals surface area contributed by atoms with Crippen molar-refractivity contribution in [2.75, 3.05) is 5.32 Å². The number of halogens is 6. The fraction of sp³-hybridized carbons (Fsp3) is 0.385. The van der Waals surface area contributed by atoms with Crippen LogP contribution in [0.5, 0.6) is 0 Å². The Labute approximate surface area is 219 Å². The first-order chi connectivity index (χ1) is 18.2. The molecule has 0 spiro atoms. The SMILES string of the molecule is O=C1Nc2ccccc2C(c2ccccc2)=N[C@@H]1NC(=O)[C@H](CCCC(F)(F)F)[C@H](CCC(F)(F)F)C(=O)O. The zero-order valence-corrected chi connectivity index (χ0v) is 20.4. The highest BCUT2D eigenvalue weighted by Gasteiger charge is 2.39. The lowest BCUT2D eigenvalue weighted by molar-refractivity contribution is -0.155. The third kappa shape index (κ3) is 8.55. The summed E-state index contributed by atoms with van der Waals surface area (Å²) in [6.07, 6.45) is -16.3. The minimum Gasteiger partial charge on any atom is -0.481 e. The Balaban J connectivity index is 1.94. The molecule has 7 nitrogen and oxygen atoms in total. The van der Waals surface area contributed by atoms with Gasteiger partial charge in [0, 0.05) is 24.0 Å². The van der Waals surface area contributed by atoms with Crippen LogP contribution in [0.1, 0.15) is 43.2 Å². The Kier molecular flexibility index (Phi) is 9.36. The quantitative estimate of drug-likeness (QED) is 0.344. The van der Waals surface area contributed by atoms with E-state index in [1.807, 2.05) is 0 Å². The number of aliphatic carboxylic acids is 1. The van der Waals surface area contributed by atoms with E-state index in [4.69, 9.17) is 0 Å². The lowest BCUT2D eigenvalue weighted by Crippen LogP contribution is -2.47. The third-order valence-electron chi connectivity index (χ3n) is 6.13.